The van der Waals surface area contributed by atoms with Crippen LogP contribution >= 0.6 is 0 Å². The van der Waals surface area contributed by atoms with Gasteiger partial charge in [-0.25, -0.2) is 0 Å². The van der Waals surface area contributed by atoms with Crippen molar-refractivity contribution in [1.82, 2.24) is 0 Å². The van der Waals surface area contributed by atoms with Crippen molar-refractivity contribution in [3.05, 3.63) is 64.7 Å². The van der Waals surface area contributed by atoms with Gasteiger partial charge in [0.25, 0.3) is 0 Å². The van der Waals surface area contributed by atoms with E-state index in [9.17, 15) is 4.79 Å². The standard InChI is InChI=1S/C21H25NO2/c1-15-13-16(2)19(17(3)14-15)22-20(23)21(9-11-24-12-10-21)18-7-5-4-6-8-18/h4-8,13-14H,9-12H2,1-3H3,(H,22,23). The summed E-state index contributed by atoms with van der Waals surface area (Å²) in [6, 6.07) is 14.3. The minimum absolute atomic E-state index is 0.0760. The van der Waals surface area contributed by atoms with Gasteiger partial charge in [-0.05, 0) is 50.3 Å². The molecule has 0 spiro atoms. The fourth-order valence-corrected chi connectivity index (χ4v) is 3.73. The van der Waals surface area contributed by atoms with Crippen molar-refractivity contribution in [3.63, 3.8) is 0 Å². The van der Waals surface area contributed by atoms with E-state index in [0.717, 1.165) is 22.4 Å². The van der Waals surface area contributed by atoms with Crippen LogP contribution in [0.25, 0.3) is 0 Å². The molecule has 0 unspecified atom stereocenters. The molecule has 24 heavy (non-hydrogen) atoms. The Bertz CT molecular complexity index is 708. The number of hydrogen-bond acceptors (Lipinski definition) is 2. The largest absolute Gasteiger partial charge is 0.381 e. The van der Waals surface area contributed by atoms with E-state index in [2.05, 4.69) is 50.4 Å². The van der Waals surface area contributed by atoms with E-state index in [-0.39, 0.29) is 5.91 Å². The number of hydrogen-bond donors (Lipinski definition) is 1. The predicted molar refractivity (Wildman–Crippen MR) is 97.5 cm³/mol. The number of carbonyl (C=O) groups excluding carboxylic acids is 1. The van der Waals surface area contributed by atoms with E-state index in [4.69, 9.17) is 4.74 Å². The molecular weight excluding hydrogens is 298 g/mol. The summed E-state index contributed by atoms with van der Waals surface area (Å²) >= 11 is 0. The summed E-state index contributed by atoms with van der Waals surface area (Å²) < 4.78 is 5.53. The molecule has 1 aliphatic rings. The molecular formula is C21H25NO2. The number of ether oxygens (including phenoxy) is 1. The average molecular weight is 323 g/mol. The van der Waals surface area contributed by atoms with Crippen LogP contribution in [0.2, 0.25) is 0 Å². The van der Waals surface area contributed by atoms with Crippen molar-refractivity contribution < 1.29 is 9.53 Å². The maximum absolute atomic E-state index is 13.3. The van der Waals surface area contributed by atoms with Gasteiger partial charge in [0.05, 0.1) is 5.41 Å². The molecule has 2 aromatic rings. The van der Waals surface area contributed by atoms with E-state index in [1.807, 2.05) is 18.2 Å². The molecule has 0 atom stereocenters. The SMILES string of the molecule is Cc1cc(C)c(NC(=O)C2(c3ccccc3)CCOCC2)c(C)c1. The molecule has 0 radical (unpaired) electrons. The first kappa shape index (κ1) is 16.7. The number of rotatable bonds is 3. The first-order valence-corrected chi connectivity index (χ1v) is 8.55. The van der Waals surface area contributed by atoms with E-state index < -0.39 is 5.41 Å². The zero-order valence-electron chi connectivity index (χ0n) is 14.7. The Morgan fingerprint density at radius 2 is 1.58 bits per heavy atom. The van der Waals surface area contributed by atoms with Gasteiger partial charge in [0.15, 0.2) is 0 Å². The first-order valence-electron chi connectivity index (χ1n) is 8.55. The summed E-state index contributed by atoms with van der Waals surface area (Å²) in [6.07, 6.45) is 1.43. The molecule has 0 bridgehead atoms. The summed E-state index contributed by atoms with van der Waals surface area (Å²) in [5.74, 6) is 0.0760. The average Bonchev–Trinajstić information content (AvgIpc) is 2.59. The van der Waals surface area contributed by atoms with Gasteiger partial charge in [0, 0.05) is 18.9 Å². The highest BCUT2D eigenvalue weighted by Gasteiger charge is 2.41. The Kier molecular flexibility index (Phi) is 4.72. The molecule has 1 heterocycles. The van der Waals surface area contributed by atoms with Crippen molar-refractivity contribution in [3.8, 4) is 0 Å². The van der Waals surface area contributed by atoms with Crippen molar-refractivity contribution in [2.75, 3.05) is 18.5 Å². The smallest absolute Gasteiger partial charge is 0.235 e. The molecule has 1 fully saturated rings. The molecule has 3 nitrogen and oxygen atoms in total. The molecule has 2 aromatic carbocycles. The second-order valence-electron chi connectivity index (χ2n) is 6.79. The van der Waals surface area contributed by atoms with Crippen LogP contribution in [0.1, 0.15) is 35.1 Å². The summed E-state index contributed by atoms with van der Waals surface area (Å²) in [7, 11) is 0. The van der Waals surface area contributed by atoms with Gasteiger partial charge < -0.3 is 10.1 Å². The highest BCUT2D eigenvalue weighted by Crippen LogP contribution is 2.36. The lowest BCUT2D eigenvalue weighted by Gasteiger charge is -2.36. The molecule has 0 aliphatic carbocycles. The third-order valence-electron chi connectivity index (χ3n) is 5.02. The first-order chi connectivity index (χ1) is 11.5. The zero-order chi connectivity index (χ0) is 17.2. The van der Waals surface area contributed by atoms with Crippen molar-refractivity contribution >= 4 is 11.6 Å². The quantitative estimate of drug-likeness (QED) is 0.914. The maximum atomic E-state index is 13.3. The monoisotopic (exact) mass is 323 g/mol. The van der Waals surface area contributed by atoms with Gasteiger partial charge in [-0.2, -0.15) is 0 Å². The number of benzene rings is 2. The number of amides is 1. The zero-order valence-corrected chi connectivity index (χ0v) is 14.7. The van der Waals surface area contributed by atoms with Crippen LogP contribution in [0, 0.1) is 20.8 Å². The normalized spacial score (nSPS) is 16.6. The third-order valence-corrected chi connectivity index (χ3v) is 5.02. The van der Waals surface area contributed by atoms with E-state index in [1.54, 1.807) is 0 Å². The van der Waals surface area contributed by atoms with Gasteiger partial charge in [0.2, 0.25) is 5.91 Å². The molecule has 126 valence electrons. The summed E-state index contributed by atoms with van der Waals surface area (Å²) in [5, 5.41) is 3.22. The van der Waals surface area contributed by atoms with Crippen LogP contribution in [0.5, 0.6) is 0 Å². The fourth-order valence-electron chi connectivity index (χ4n) is 3.73. The Morgan fingerprint density at radius 1 is 1.00 bits per heavy atom. The number of nitrogens with one attached hydrogen (secondary N) is 1. The molecule has 3 rings (SSSR count). The van der Waals surface area contributed by atoms with Crippen LogP contribution in [-0.2, 0) is 14.9 Å². The van der Waals surface area contributed by atoms with E-state index in [0.29, 0.717) is 26.1 Å². The topological polar surface area (TPSA) is 38.3 Å². The molecule has 1 amide bonds. The van der Waals surface area contributed by atoms with Crippen molar-refractivity contribution in [2.24, 2.45) is 0 Å². The minimum atomic E-state index is -0.511. The van der Waals surface area contributed by atoms with Gasteiger partial charge in [0.1, 0.15) is 0 Å². The lowest BCUT2D eigenvalue weighted by atomic mass is 9.73. The maximum Gasteiger partial charge on any atom is 0.235 e. The second kappa shape index (κ2) is 6.78. The highest BCUT2D eigenvalue weighted by atomic mass is 16.5. The summed E-state index contributed by atoms with van der Waals surface area (Å²) in [6.45, 7) is 7.42. The Balaban J connectivity index is 1.96. The number of carbonyl (C=O) groups is 1. The molecule has 0 saturated carbocycles. The van der Waals surface area contributed by atoms with Crippen molar-refractivity contribution in [2.45, 2.75) is 39.0 Å². The van der Waals surface area contributed by atoms with Crippen LogP contribution in [0.15, 0.2) is 42.5 Å². The highest BCUT2D eigenvalue weighted by molar-refractivity contribution is 6.00. The van der Waals surface area contributed by atoms with Crippen LogP contribution in [0.4, 0.5) is 5.69 Å². The minimum Gasteiger partial charge on any atom is -0.381 e. The molecule has 3 heteroatoms. The molecule has 1 saturated heterocycles. The van der Waals surface area contributed by atoms with Gasteiger partial charge in [-0.3, -0.25) is 4.79 Å². The second-order valence-corrected chi connectivity index (χ2v) is 6.79. The lowest BCUT2D eigenvalue weighted by Crippen LogP contribution is -2.45. The van der Waals surface area contributed by atoms with E-state index in [1.165, 1.54) is 5.56 Å². The Morgan fingerprint density at radius 3 is 2.17 bits per heavy atom. The molecule has 0 aromatic heterocycles. The van der Waals surface area contributed by atoms with Gasteiger partial charge in [-0.1, -0.05) is 48.0 Å². The summed E-state index contributed by atoms with van der Waals surface area (Å²) in [5.41, 5.74) is 4.93. The molecule has 1 aliphatic heterocycles. The Hall–Kier alpha value is -2.13. The Labute approximate surface area is 144 Å². The number of anilines is 1. The van der Waals surface area contributed by atoms with Crippen LogP contribution in [0.3, 0.4) is 0 Å². The van der Waals surface area contributed by atoms with Crippen LogP contribution < -0.4 is 5.32 Å². The molecule has 1 N–H and O–H groups in total. The fraction of sp³-hybridized carbons (Fsp3) is 0.381. The third kappa shape index (κ3) is 3.09. The van der Waals surface area contributed by atoms with Gasteiger partial charge >= 0.3 is 0 Å². The predicted octanol–water partition coefficient (Wildman–Crippen LogP) is 4.30. The van der Waals surface area contributed by atoms with E-state index >= 15 is 0 Å². The van der Waals surface area contributed by atoms with Gasteiger partial charge in [-0.15, -0.1) is 0 Å². The van der Waals surface area contributed by atoms with Crippen molar-refractivity contribution in [1.29, 1.82) is 0 Å². The number of aryl methyl sites for hydroxylation is 3. The summed E-state index contributed by atoms with van der Waals surface area (Å²) in [4.78, 5) is 13.3. The van der Waals surface area contributed by atoms with Crippen LogP contribution in [-0.4, -0.2) is 19.1 Å². The lowest BCUT2D eigenvalue weighted by molar-refractivity contribution is -0.125.